The van der Waals surface area contributed by atoms with E-state index < -0.39 is 5.60 Å². The molecule has 4 atom stereocenters. The number of amides is 1. The fourth-order valence-electron chi connectivity index (χ4n) is 3.22. The minimum absolute atomic E-state index is 0.0838. The second-order valence-electron chi connectivity index (χ2n) is 7.57. The van der Waals surface area contributed by atoms with Gasteiger partial charge in [0.05, 0.1) is 18.2 Å². The maximum absolute atomic E-state index is 12.0. The van der Waals surface area contributed by atoms with Crippen LogP contribution in [-0.2, 0) is 9.47 Å². The molecule has 1 fully saturated rings. The minimum atomic E-state index is -0.468. The van der Waals surface area contributed by atoms with Gasteiger partial charge in [-0.2, -0.15) is 0 Å². The minimum Gasteiger partial charge on any atom is -0.444 e. The molecule has 0 bridgehead atoms. The lowest BCUT2D eigenvalue weighted by Crippen LogP contribution is -2.66. The Labute approximate surface area is 140 Å². The number of hydrogen-bond acceptors (Lipinski definition) is 4. The van der Waals surface area contributed by atoms with Crippen molar-refractivity contribution >= 4 is 6.09 Å². The van der Waals surface area contributed by atoms with E-state index in [0.717, 1.165) is 19.4 Å². The fraction of sp³-hybridized carbons (Fsp3) is 0.833. The molecular weight excluding hydrogens is 292 g/mol. The Balaban J connectivity index is 1.81. The second kappa shape index (κ2) is 8.15. The molecule has 2 aliphatic rings. The third kappa shape index (κ3) is 5.81. The molecule has 132 valence electrons. The fourth-order valence-corrected chi connectivity index (χ4v) is 3.22. The summed E-state index contributed by atoms with van der Waals surface area (Å²) >= 11 is 0. The third-order valence-electron chi connectivity index (χ3n) is 4.42. The van der Waals surface area contributed by atoms with Crippen LogP contribution >= 0.6 is 0 Å². The molecule has 0 aromatic carbocycles. The van der Waals surface area contributed by atoms with Crippen LogP contribution in [0, 0.1) is 5.92 Å². The van der Waals surface area contributed by atoms with Gasteiger partial charge in [0.2, 0.25) is 0 Å². The van der Waals surface area contributed by atoms with Gasteiger partial charge in [-0.25, -0.2) is 4.79 Å². The lowest BCUT2D eigenvalue weighted by Gasteiger charge is -2.45. The van der Waals surface area contributed by atoms with Crippen molar-refractivity contribution in [3.8, 4) is 0 Å². The van der Waals surface area contributed by atoms with Crippen LogP contribution in [0.15, 0.2) is 12.2 Å². The Morgan fingerprint density at radius 3 is 2.70 bits per heavy atom. The molecule has 23 heavy (non-hydrogen) atoms. The number of nitrogens with one attached hydrogen (secondary N) is 2. The van der Waals surface area contributed by atoms with Crippen molar-refractivity contribution in [2.24, 2.45) is 5.92 Å². The molecule has 2 rings (SSSR count). The number of allylic oxidation sites excluding steroid dienone is 2. The molecule has 0 aliphatic heterocycles. The van der Waals surface area contributed by atoms with Crippen molar-refractivity contribution in [2.75, 3.05) is 13.2 Å². The highest BCUT2D eigenvalue weighted by atomic mass is 16.6. The number of hydrogen-bond donors (Lipinski definition) is 2. The molecule has 5 heteroatoms. The first kappa shape index (κ1) is 18.3. The van der Waals surface area contributed by atoms with Crippen LogP contribution in [-0.4, -0.2) is 43.0 Å². The molecule has 2 N–H and O–H groups in total. The zero-order chi connectivity index (χ0) is 16.9. The summed E-state index contributed by atoms with van der Waals surface area (Å²) < 4.78 is 11.1. The van der Waals surface area contributed by atoms with Gasteiger partial charge in [-0.3, -0.25) is 0 Å². The van der Waals surface area contributed by atoms with E-state index in [1.807, 2.05) is 27.7 Å². The van der Waals surface area contributed by atoms with Gasteiger partial charge >= 0.3 is 6.09 Å². The summed E-state index contributed by atoms with van der Waals surface area (Å²) in [6.07, 6.45) is 8.76. The summed E-state index contributed by atoms with van der Waals surface area (Å²) in [6, 6.07) is 0.258. The standard InChI is InChI=1S/C18H32N2O3/c1-5-22-15-11-14(20-17(21)23-18(2,3)4)16(15)19-12-13-9-7-6-8-10-13/h6-7,13-16,19H,5,8-12H2,1-4H3,(H,20,21). The van der Waals surface area contributed by atoms with Gasteiger partial charge in [-0.1, -0.05) is 12.2 Å². The summed E-state index contributed by atoms with van der Waals surface area (Å²) in [6.45, 7) is 9.32. The molecule has 0 spiro atoms. The van der Waals surface area contributed by atoms with Gasteiger partial charge in [-0.15, -0.1) is 0 Å². The molecule has 2 aliphatic carbocycles. The highest BCUT2D eigenvalue weighted by Crippen LogP contribution is 2.26. The number of ether oxygens (including phenoxy) is 2. The highest BCUT2D eigenvalue weighted by molar-refractivity contribution is 5.68. The number of carbonyl (C=O) groups is 1. The SMILES string of the molecule is CCOC1CC(NC(=O)OC(C)(C)C)C1NCC1CC=CCC1. The predicted octanol–water partition coefficient (Wildman–Crippen LogP) is 3.00. The van der Waals surface area contributed by atoms with Gasteiger partial charge in [0.25, 0.3) is 0 Å². The van der Waals surface area contributed by atoms with Crippen LogP contribution in [0.2, 0.25) is 0 Å². The van der Waals surface area contributed by atoms with E-state index >= 15 is 0 Å². The molecule has 1 amide bonds. The van der Waals surface area contributed by atoms with Crippen molar-refractivity contribution in [3.63, 3.8) is 0 Å². The van der Waals surface area contributed by atoms with E-state index in [0.29, 0.717) is 12.5 Å². The van der Waals surface area contributed by atoms with Crippen LogP contribution in [0.3, 0.4) is 0 Å². The van der Waals surface area contributed by atoms with Crippen LogP contribution in [0.1, 0.15) is 53.4 Å². The van der Waals surface area contributed by atoms with E-state index in [1.165, 1.54) is 12.8 Å². The summed E-state index contributed by atoms with van der Waals surface area (Å²) in [5, 5.41) is 6.59. The van der Waals surface area contributed by atoms with Crippen LogP contribution in [0.25, 0.3) is 0 Å². The third-order valence-corrected chi connectivity index (χ3v) is 4.42. The maximum atomic E-state index is 12.0. The van der Waals surface area contributed by atoms with Crippen molar-refractivity contribution in [1.29, 1.82) is 0 Å². The first-order valence-electron chi connectivity index (χ1n) is 8.88. The molecule has 0 aromatic heterocycles. The van der Waals surface area contributed by atoms with E-state index in [4.69, 9.17) is 9.47 Å². The topological polar surface area (TPSA) is 59.6 Å². The Morgan fingerprint density at radius 1 is 1.30 bits per heavy atom. The molecule has 4 unspecified atom stereocenters. The summed E-state index contributed by atoms with van der Waals surface area (Å²) in [5.74, 6) is 0.685. The van der Waals surface area contributed by atoms with E-state index in [-0.39, 0.29) is 24.3 Å². The van der Waals surface area contributed by atoms with Gasteiger partial charge in [0.1, 0.15) is 5.60 Å². The Kier molecular flexibility index (Phi) is 6.48. The van der Waals surface area contributed by atoms with Gasteiger partial charge in [-0.05, 0) is 65.8 Å². The van der Waals surface area contributed by atoms with Crippen LogP contribution in [0.5, 0.6) is 0 Å². The highest BCUT2D eigenvalue weighted by Gasteiger charge is 2.43. The second-order valence-corrected chi connectivity index (χ2v) is 7.57. The quantitative estimate of drug-likeness (QED) is 0.737. The molecule has 1 saturated carbocycles. The Hall–Kier alpha value is -1.07. The first-order valence-corrected chi connectivity index (χ1v) is 8.88. The van der Waals surface area contributed by atoms with Crippen molar-refractivity contribution in [1.82, 2.24) is 10.6 Å². The smallest absolute Gasteiger partial charge is 0.407 e. The van der Waals surface area contributed by atoms with Gasteiger partial charge < -0.3 is 20.1 Å². The molecule has 0 saturated heterocycles. The van der Waals surface area contributed by atoms with E-state index in [2.05, 4.69) is 22.8 Å². The maximum Gasteiger partial charge on any atom is 0.407 e. The molecule has 5 nitrogen and oxygen atoms in total. The lowest BCUT2D eigenvalue weighted by molar-refractivity contribution is -0.0442. The van der Waals surface area contributed by atoms with Gasteiger partial charge in [0, 0.05) is 6.61 Å². The Bertz CT molecular complexity index is 417. The normalized spacial score (nSPS) is 30.6. The summed E-state index contributed by atoms with van der Waals surface area (Å²) in [4.78, 5) is 12.0. The average Bonchev–Trinajstić information content (AvgIpc) is 2.45. The van der Waals surface area contributed by atoms with Crippen molar-refractivity contribution in [3.05, 3.63) is 12.2 Å². The van der Waals surface area contributed by atoms with Crippen LogP contribution in [0.4, 0.5) is 4.79 Å². The van der Waals surface area contributed by atoms with Crippen LogP contribution < -0.4 is 10.6 Å². The molecular formula is C18H32N2O3. The lowest BCUT2D eigenvalue weighted by atomic mass is 9.82. The zero-order valence-electron chi connectivity index (χ0n) is 14.9. The monoisotopic (exact) mass is 324 g/mol. The number of alkyl carbamates (subject to hydrolysis) is 1. The average molecular weight is 324 g/mol. The zero-order valence-corrected chi connectivity index (χ0v) is 14.9. The molecule has 0 radical (unpaired) electrons. The van der Waals surface area contributed by atoms with E-state index in [1.54, 1.807) is 0 Å². The van der Waals surface area contributed by atoms with E-state index in [9.17, 15) is 4.79 Å². The Morgan fingerprint density at radius 2 is 2.09 bits per heavy atom. The largest absolute Gasteiger partial charge is 0.444 e. The molecule has 0 aromatic rings. The summed E-state index contributed by atoms with van der Waals surface area (Å²) in [7, 11) is 0. The first-order chi connectivity index (χ1) is 10.9. The molecule has 0 heterocycles. The van der Waals surface area contributed by atoms with Crippen molar-refractivity contribution in [2.45, 2.75) is 77.2 Å². The van der Waals surface area contributed by atoms with Crippen molar-refractivity contribution < 1.29 is 14.3 Å². The van der Waals surface area contributed by atoms with Gasteiger partial charge in [0.15, 0.2) is 0 Å². The predicted molar refractivity (Wildman–Crippen MR) is 91.5 cm³/mol. The number of rotatable bonds is 6. The number of carbonyl (C=O) groups excluding carboxylic acids is 1. The summed E-state index contributed by atoms with van der Waals surface area (Å²) in [5.41, 5.74) is -0.468.